The highest BCUT2D eigenvalue weighted by Crippen LogP contribution is 2.24. The summed E-state index contributed by atoms with van der Waals surface area (Å²) >= 11 is 2.10. The first kappa shape index (κ1) is 13.8. The molecule has 6 nitrogen and oxygen atoms in total. The van der Waals surface area contributed by atoms with Gasteiger partial charge in [-0.25, -0.2) is 4.98 Å². The Hall–Kier alpha value is -1.64. The summed E-state index contributed by atoms with van der Waals surface area (Å²) in [4.78, 5) is 14.3. The van der Waals surface area contributed by atoms with E-state index < -0.39 is 0 Å². The molecule has 1 aromatic heterocycles. The van der Waals surface area contributed by atoms with Gasteiger partial charge in [-0.3, -0.25) is 10.1 Å². The first-order valence-electron chi connectivity index (χ1n) is 5.72. The zero-order valence-electron chi connectivity index (χ0n) is 10.3. The standard InChI is InChI=1S/C12H13IN4O2/c1-9(7-16-5-4-14-8-16)15-12-3-2-10(17(18)19)6-11(12)13/h2-6,8-9,15H,7H2,1H3. The number of hydrogen-bond acceptors (Lipinski definition) is 4. The third-order valence-electron chi connectivity index (χ3n) is 2.61. The number of anilines is 1. The van der Waals surface area contributed by atoms with Crippen molar-refractivity contribution in [3.63, 3.8) is 0 Å². The number of aromatic nitrogens is 2. The van der Waals surface area contributed by atoms with Crippen LogP contribution < -0.4 is 5.32 Å². The van der Waals surface area contributed by atoms with Crippen LogP contribution in [0.5, 0.6) is 0 Å². The predicted molar refractivity (Wildman–Crippen MR) is 81.1 cm³/mol. The van der Waals surface area contributed by atoms with Gasteiger partial charge in [0, 0.05) is 46.4 Å². The number of nitro benzene ring substituents is 1. The Balaban J connectivity index is 2.04. The lowest BCUT2D eigenvalue weighted by atomic mass is 10.2. The molecule has 0 aliphatic carbocycles. The lowest BCUT2D eigenvalue weighted by molar-refractivity contribution is -0.384. The van der Waals surface area contributed by atoms with Crippen molar-refractivity contribution in [2.45, 2.75) is 19.5 Å². The van der Waals surface area contributed by atoms with E-state index in [4.69, 9.17) is 0 Å². The molecule has 0 spiro atoms. The van der Waals surface area contributed by atoms with Crippen molar-refractivity contribution in [1.29, 1.82) is 0 Å². The Bertz CT molecular complexity index is 571. The minimum atomic E-state index is -0.388. The van der Waals surface area contributed by atoms with Gasteiger partial charge < -0.3 is 9.88 Å². The van der Waals surface area contributed by atoms with Gasteiger partial charge in [0.05, 0.1) is 11.3 Å². The molecule has 0 amide bonds. The van der Waals surface area contributed by atoms with Crippen molar-refractivity contribution in [1.82, 2.24) is 9.55 Å². The van der Waals surface area contributed by atoms with Gasteiger partial charge in [-0.2, -0.15) is 0 Å². The molecule has 19 heavy (non-hydrogen) atoms. The smallest absolute Gasteiger partial charge is 0.270 e. The molecule has 1 heterocycles. The van der Waals surface area contributed by atoms with Gasteiger partial charge in [0.25, 0.3) is 5.69 Å². The first-order chi connectivity index (χ1) is 9.06. The third kappa shape index (κ3) is 3.66. The zero-order valence-corrected chi connectivity index (χ0v) is 12.4. The van der Waals surface area contributed by atoms with E-state index in [1.54, 1.807) is 24.7 Å². The number of rotatable bonds is 5. The van der Waals surface area contributed by atoms with Gasteiger partial charge in [0.15, 0.2) is 0 Å². The highest BCUT2D eigenvalue weighted by atomic mass is 127. The van der Waals surface area contributed by atoms with Gasteiger partial charge in [-0.1, -0.05) is 0 Å². The average molecular weight is 372 g/mol. The lowest BCUT2D eigenvalue weighted by Gasteiger charge is -2.16. The number of benzene rings is 1. The molecule has 0 saturated heterocycles. The van der Waals surface area contributed by atoms with E-state index in [0.29, 0.717) is 0 Å². The van der Waals surface area contributed by atoms with Crippen LogP contribution in [-0.4, -0.2) is 20.5 Å². The average Bonchev–Trinajstić information content (AvgIpc) is 2.84. The SMILES string of the molecule is CC(Cn1ccnc1)Nc1ccc([N+](=O)[O-])cc1I. The first-order valence-corrected chi connectivity index (χ1v) is 6.80. The van der Waals surface area contributed by atoms with Crippen LogP contribution in [0.15, 0.2) is 36.9 Å². The number of non-ortho nitro benzene ring substituents is 1. The molecule has 1 aromatic carbocycles. The van der Waals surface area contributed by atoms with Crippen molar-refractivity contribution < 1.29 is 4.92 Å². The van der Waals surface area contributed by atoms with Crippen LogP contribution in [0.1, 0.15) is 6.92 Å². The lowest BCUT2D eigenvalue weighted by Crippen LogP contribution is -2.21. The van der Waals surface area contributed by atoms with Crippen LogP contribution in [0.2, 0.25) is 0 Å². The molecule has 1 unspecified atom stereocenters. The topological polar surface area (TPSA) is 73.0 Å². The summed E-state index contributed by atoms with van der Waals surface area (Å²) in [7, 11) is 0. The summed E-state index contributed by atoms with van der Waals surface area (Å²) in [5.41, 5.74) is 1.01. The minimum Gasteiger partial charge on any atom is -0.380 e. The van der Waals surface area contributed by atoms with Crippen molar-refractivity contribution in [2.24, 2.45) is 0 Å². The summed E-state index contributed by atoms with van der Waals surface area (Å²) in [5, 5.41) is 14.0. The summed E-state index contributed by atoms with van der Waals surface area (Å²) in [6.07, 6.45) is 5.40. The fraction of sp³-hybridized carbons (Fsp3) is 0.250. The summed E-state index contributed by atoms with van der Waals surface area (Å²) < 4.78 is 2.82. The van der Waals surface area contributed by atoms with E-state index in [0.717, 1.165) is 15.8 Å². The van der Waals surface area contributed by atoms with Gasteiger partial charge in [0.2, 0.25) is 0 Å². The molecular weight excluding hydrogens is 359 g/mol. The second-order valence-corrected chi connectivity index (χ2v) is 5.39. The summed E-state index contributed by atoms with van der Waals surface area (Å²) in [5.74, 6) is 0. The molecule has 0 aliphatic rings. The number of halogens is 1. The molecule has 0 radical (unpaired) electrons. The molecular formula is C12H13IN4O2. The quantitative estimate of drug-likeness (QED) is 0.498. The van der Waals surface area contributed by atoms with Crippen LogP contribution in [0.25, 0.3) is 0 Å². The molecule has 1 N–H and O–H groups in total. The molecule has 0 bridgehead atoms. The summed E-state index contributed by atoms with van der Waals surface area (Å²) in [6.45, 7) is 2.84. The Morgan fingerprint density at radius 1 is 1.58 bits per heavy atom. The Morgan fingerprint density at radius 3 is 2.95 bits per heavy atom. The van der Waals surface area contributed by atoms with Crippen LogP contribution >= 0.6 is 22.6 Å². The number of nitro groups is 1. The van der Waals surface area contributed by atoms with E-state index in [-0.39, 0.29) is 16.7 Å². The fourth-order valence-corrected chi connectivity index (χ4v) is 2.41. The Labute approximate surface area is 124 Å². The van der Waals surface area contributed by atoms with Crippen molar-refractivity contribution in [2.75, 3.05) is 5.32 Å². The molecule has 0 aliphatic heterocycles. The van der Waals surface area contributed by atoms with Crippen molar-refractivity contribution >= 4 is 34.0 Å². The maximum atomic E-state index is 10.7. The maximum absolute atomic E-state index is 10.7. The number of nitrogens with zero attached hydrogens (tertiary/aromatic N) is 3. The van der Waals surface area contributed by atoms with E-state index in [2.05, 4.69) is 39.8 Å². The zero-order chi connectivity index (χ0) is 13.8. The molecule has 2 rings (SSSR count). The van der Waals surface area contributed by atoms with Gasteiger partial charge in [-0.15, -0.1) is 0 Å². The largest absolute Gasteiger partial charge is 0.380 e. The van der Waals surface area contributed by atoms with Crippen LogP contribution in [0.4, 0.5) is 11.4 Å². The second-order valence-electron chi connectivity index (χ2n) is 4.23. The fourth-order valence-electron chi connectivity index (χ4n) is 1.76. The Morgan fingerprint density at radius 2 is 2.37 bits per heavy atom. The normalized spacial score (nSPS) is 12.1. The van der Waals surface area contributed by atoms with Crippen molar-refractivity contribution in [3.05, 3.63) is 50.6 Å². The molecule has 2 aromatic rings. The predicted octanol–water partition coefficient (Wildman–Crippen LogP) is 2.90. The van der Waals surface area contributed by atoms with Gasteiger partial charge in [0.1, 0.15) is 0 Å². The Kier molecular flexibility index (Phi) is 4.35. The highest BCUT2D eigenvalue weighted by molar-refractivity contribution is 14.1. The number of imidazole rings is 1. The summed E-state index contributed by atoms with van der Waals surface area (Å²) in [6, 6.07) is 5.01. The molecule has 100 valence electrons. The van der Waals surface area contributed by atoms with Gasteiger partial charge in [-0.05, 0) is 35.6 Å². The molecule has 0 saturated carbocycles. The number of nitrogens with one attached hydrogen (secondary N) is 1. The second kappa shape index (κ2) is 6.00. The van der Waals surface area contributed by atoms with Gasteiger partial charge >= 0.3 is 0 Å². The molecule has 7 heteroatoms. The van der Waals surface area contributed by atoms with Crippen LogP contribution in [0, 0.1) is 13.7 Å². The van der Waals surface area contributed by atoms with E-state index >= 15 is 0 Å². The van der Waals surface area contributed by atoms with E-state index in [1.165, 1.54) is 6.07 Å². The highest BCUT2D eigenvalue weighted by Gasteiger charge is 2.10. The number of hydrogen-bond donors (Lipinski definition) is 1. The monoisotopic (exact) mass is 372 g/mol. The maximum Gasteiger partial charge on any atom is 0.270 e. The van der Waals surface area contributed by atoms with Crippen LogP contribution in [-0.2, 0) is 6.54 Å². The van der Waals surface area contributed by atoms with E-state index in [9.17, 15) is 10.1 Å². The van der Waals surface area contributed by atoms with Crippen LogP contribution in [0.3, 0.4) is 0 Å². The van der Waals surface area contributed by atoms with E-state index in [1.807, 2.05) is 10.8 Å². The molecule has 1 atom stereocenters. The minimum absolute atomic E-state index is 0.109. The molecule has 0 fully saturated rings. The third-order valence-corrected chi connectivity index (χ3v) is 3.50. The van der Waals surface area contributed by atoms with Crippen molar-refractivity contribution in [3.8, 4) is 0 Å².